The van der Waals surface area contributed by atoms with Gasteiger partial charge in [-0.05, 0) is 11.6 Å². The fourth-order valence-electron chi connectivity index (χ4n) is 1.71. The molecule has 1 aromatic heterocycles. The van der Waals surface area contributed by atoms with E-state index in [1.165, 1.54) is 17.8 Å². The maximum absolute atomic E-state index is 13.5. The van der Waals surface area contributed by atoms with Crippen molar-refractivity contribution >= 4 is 11.8 Å². The van der Waals surface area contributed by atoms with E-state index in [1.54, 1.807) is 12.1 Å². The summed E-state index contributed by atoms with van der Waals surface area (Å²) in [6, 6.07) is 6.81. The molecule has 0 amide bonds. The summed E-state index contributed by atoms with van der Waals surface area (Å²) in [6.07, 6.45) is 0. The summed E-state index contributed by atoms with van der Waals surface area (Å²) in [6.45, 7) is 4.16. The number of benzene rings is 1. The van der Waals surface area contributed by atoms with Crippen molar-refractivity contribution in [2.45, 2.75) is 30.7 Å². The Morgan fingerprint density at radius 3 is 2.61 bits per heavy atom. The van der Waals surface area contributed by atoms with Crippen LogP contribution in [-0.4, -0.2) is 14.8 Å². The van der Waals surface area contributed by atoms with Crippen molar-refractivity contribution < 1.29 is 4.39 Å². The zero-order valence-electron chi connectivity index (χ0n) is 10.7. The molecule has 0 unspecified atom stereocenters. The molecule has 0 aliphatic carbocycles. The molecule has 0 aliphatic rings. The molecule has 0 aliphatic heterocycles. The maximum Gasteiger partial charge on any atom is 0.191 e. The van der Waals surface area contributed by atoms with Crippen molar-refractivity contribution in [1.29, 1.82) is 0 Å². The molecule has 0 atom stereocenters. The van der Waals surface area contributed by atoms with Crippen LogP contribution in [0.15, 0.2) is 29.4 Å². The SMILES string of the molecule is CC(C)c1nnc(SCc2ccccc2F)n1C. The third-order valence-electron chi connectivity index (χ3n) is 2.70. The topological polar surface area (TPSA) is 30.7 Å². The molecule has 0 saturated carbocycles. The summed E-state index contributed by atoms with van der Waals surface area (Å²) in [7, 11) is 1.94. The molecule has 0 spiro atoms. The van der Waals surface area contributed by atoms with Crippen LogP contribution in [0.4, 0.5) is 4.39 Å². The number of hydrogen-bond donors (Lipinski definition) is 0. The van der Waals surface area contributed by atoms with Crippen LogP contribution in [0.2, 0.25) is 0 Å². The number of hydrogen-bond acceptors (Lipinski definition) is 3. The van der Waals surface area contributed by atoms with Crippen LogP contribution in [0.1, 0.15) is 31.2 Å². The molecule has 2 aromatic rings. The Kier molecular flexibility index (Phi) is 4.01. The van der Waals surface area contributed by atoms with Gasteiger partial charge in [0.1, 0.15) is 11.6 Å². The Morgan fingerprint density at radius 1 is 1.28 bits per heavy atom. The van der Waals surface area contributed by atoms with E-state index < -0.39 is 0 Å². The first-order valence-electron chi connectivity index (χ1n) is 5.85. The molecular weight excluding hydrogens is 249 g/mol. The van der Waals surface area contributed by atoms with Gasteiger partial charge in [-0.25, -0.2) is 4.39 Å². The minimum atomic E-state index is -0.170. The lowest BCUT2D eigenvalue weighted by molar-refractivity contribution is 0.617. The number of rotatable bonds is 4. The van der Waals surface area contributed by atoms with Crippen LogP contribution < -0.4 is 0 Å². The van der Waals surface area contributed by atoms with E-state index in [0.717, 1.165) is 11.0 Å². The van der Waals surface area contributed by atoms with Gasteiger partial charge in [0.2, 0.25) is 0 Å². The number of nitrogens with zero attached hydrogens (tertiary/aromatic N) is 3. The number of aromatic nitrogens is 3. The molecule has 3 nitrogen and oxygen atoms in total. The lowest BCUT2D eigenvalue weighted by atomic mass is 10.2. The predicted octanol–water partition coefficient (Wildman–Crippen LogP) is 3.37. The van der Waals surface area contributed by atoms with Gasteiger partial charge < -0.3 is 4.57 Å². The highest BCUT2D eigenvalue weighted by Gasteiger charge is 2.12. The fourth-order valence-corrected chi connectivity index (χ4v) is 2.62. The van der Waals surface area contributed by atoms with Crippen LogP contribution in [0.5, 0.6) is 0 Å². The molecule has 18 heavy (non-hydrogen) atoms. The second-order valence-corrected chi connectivity index (χ2v) is 5.38. The minimum absolute atomic E-state index is 0.170. The van der Waals surface area contributed by atoms with Crippen LogP contribution in [-0.2, 0) is 12.8 Å². The van der Waals surface area contributed by atoms with Crippen LogP contribution in [0.3, 0.4) is 0 Å². The second kappa shape index (κ2) is 5.52. The van der Waals surface area contributed by atoms with Crippen LogP contribution in [0.25, 0.3) is 0 Å². The summed E-state index contributed by atoms with van der Waals surface area (Å²) in [5.41, 5.74) is 0.691. The zero-order chi connectivity index (χ0) is 13.1. The number of thioether (sulfide) groups is 1. The summed E-state index contributed by atoms with van der Waals surface area (Å²) >= 11 is 1.50. The Labute approximate surface area is 110 Å². The Morgan fingerprint density at radius 2 is 2.00 bits per heavy atom. The molecule has 1 heterocycles. The summed E-state index contributed by atoms with van der Waals surface area (Å²) in [4.78, 5) is 0. The van der Waals surface area contributed by atoms with E-state index in [1.807, 2.05) is 17.7 Å². The Balaban J connectivity index is 2.09. The molecular formula is C13H16FN3S. The first-order chi connectivity index (χ1) is 8.59. The normalized spacial score (nSPS) is 11.2. The van der Waals surface area contributed by atoms with Gasteiger partial charge in [0.25, 0.3) is 0 Å². The molecule has 0 fully saturated rings. The first-order valence-corrected chi connectivity index (χ1v) is 6.83. The summed E-state index contributed by atoms with van der Waals surface area (Å²) < 4.78 is 15.4. The smallest absolute Gasteiger partial charge is 0.191 e. The Bertz CT molecular complexity index is 537. The van der Waals surface area contributed by atoms with Crippen molar-refractivity contribution in [1.82, 2.24) is 14.8 Å². The largest absolute Gasteiger partial charge is 0.309 e. The predicted molar refractivity (Wildman–Crippen MR) is 71.1 cm³/mol. The highest BCUT2D eigenvalue weighted by molar-refractivity contribution is 7.98. The quantitative estimate of drug-likeness (QED) is 0.794. The van der Waals surface area contributed by atoms with Crippen molar-refractivity contribution in [2.24, 2.45) is 7.05 Å². The first kappa shape index (κ1) is 13.1. The van der Waals surface area contributed by atoms with E-state index >= 15 is 0 Å². The molecule has 5 heteroatoms. The van der Waals surface area contributed by atoms with Gasteiger partial charge in [-0.15, -0.1) is 10.2 Å². The van der Waals surface area contributed by atoms with Gasteiger partial charge in [0.05, 0.1) is 0 Å². The van der Waals surface area contributed by atoms with Gasteiger partial charge >= 0.3 is 0 Å². The standard InChI is InChI=1S/C13H16FN3S/c1-9(2)12-15-16-13(17(12)3)18-8-10-6-4-5-7-11(10)14/h4-7,9H,8H2,1-3H3. The van der Waals surface area contributed by atoms with Gasteiger partial charge in [0, 0.05) is 18.7 Å². The average Bonchev–Trinajstić information content (AvgIpc) is 2.70. The van der Waals surface area contributed by atoms with E-state index in [9.17, 15) is 4.39 Å². The van der Waals surface area contributed by atoms with Crippen molar-refractivity contribution in [2.75, 3.05) is 0 Å². The highest BCUT2D eigenvalue weighted by Crippen LogP contribution is 2.24. The fraction of sp³-hybridized carbons (Fsp3) is 0.385. The summed E-state index contributed by atoms with van der Waals surface area (Å²) in [5, 5.41) is 9.10. The van der Waals surface area contributed by atoms with Gasteiger partial charge in [-0.2, -0.15) is 0 Å². The number of halogens is 1. The van der Waals surface area contributed by atoms with Crippen molar-refractivity contribution in [3.63, 3.8) is 0 Å². The van der Waals surface area contributed by atoms with E-state index in [-0.39, 0.29) is 5.82 Å². The molecule has 1 aromatic carbocycles. The molecule has 0 radical (unpaired) electrons. The molecule has 0 bridgehead atoms. The van der Waals surface area contributed by atoms with Gasteiger partial charge in [-0.3, -0.25) is 0 Å². The lowest BCUT2D eigenvalue weighted by Gasteiger charge is -2.06. The van der Waals surface area contributed by atoms with E-state index in [2.05, 4.69) is 24.0 Å². The molecule has 0 N–H and O–H groups in total. The minimum Gasteiger partial charge on any atom is -0.309 e. The van der Waals surface area contributed by atoms with Crippen molar-refractivity contribution in [3.8, 4) is 0 Å². The second-order valence-electron chi connectivity index (χ2n) is 4.43. The maximum atomic E-state index is 13.5. The van der Waals surface area contributed by atoms with Crippen LogP contribution >= 0.6 is 11.8 Å². The third-order valence-corrected chi connectivity index (χ3v) is 3.77. The Hall–Kier alpha value is -1.36. The summed E-state index contributed by atoms with van der Waals surface area (Å²) in [5.74, 6) is 1.68. The van der Waals surface area contributed by atoms with E-state index in [4.69, 9.17) is 0 Å². The van der Waals surface area contributed by atoms with Crippen molar-refractivity contribution in [3.05, 3.63) is 41.5 Å². The zero-order valence-corrected chi connectivity index (χ0v) is 11.5. The monoisotopic (exact) mass is 265 g/mol. The van der Waals surface area contributed by atoms with E-state index in [0.29, 0.717) is 17.2 Å². The van der Waals surface area contributed by atoms with Gasteiger partial charge in [-0.1, -0.05) is 43.8 Å². The molecule has 2 rings (SSSR count). The highest BCUT2D eigenvalue weighted by atomic mass is 32.2. The average molecular weight is 265 g/mol. The van der Waals surface area contributed by atoms with Crippen LogP contribution in [0, 0.1) is 5.82 Å². The third kappa shape index (κ3) is 2.72. The molecule has 0 saturated heterocycles. The van der Waals surface area contributed by atoms with Gasteiger partial charge in [0.15, 0.2) is 5.16 Å². The molecule has 96 valence electrons. The lowest BCUT2D eigenvalue weighted by Crippen LogP contribution is -2.01.